The van der Waals surface area contributed by atoms with Gasteiger partial charge in [0.25, 0.3) is 0 Å². The molecular weight excluding hydrogens is 463 g/mol. The molecule has 1 heterocycles. The third-order valence-electron chi connectivity index (χ3n) is 5.10. The van der Waals surface area contributed by atoms with Crippen molar-refractivity contribution in [3.63, 3.8) is 0 Å². The minimum atomic E-state index is 0. The van der Waals surface area contributed by atoms with Gasteiger partial charge in [0, 0.05) is 33.2 Å². The normalized spacial score (nSPS) is 15.4. The van der Waals surface area contributed by atoms with Gasteiger partial charge in [0.2, 0.25) is 0 Å². The number of rotatable bonds is 10. The molecule has 5 nitrogen and oxygen atoms in total. The van der Waals surface area contributed by atoms with E-state index in [1.807, 2.05) is 7.05 Å². The maximum atomic E-state index is 5.38. The van der Waals surface area contributed by atoms with Gasteiger partial charge in [0.05, 0.1) is 13.2 Å². The summed E-state index contributed by atoms with van der Waals surface area (Å²) < 4.78 is 5.38. The fourth-order valence-electron chi connectivity index (χ4n) is 3.28. The largest absolute Gasteiger partial charge is 0.379 e. The molecule has 0 spiro atoms. The molecule has 0 bridgehead atoms. The van der Waals surface area contributed by atoms with Gasteiger partial charge in [-0.2, -0.15) is 0 Å². The Bertz CT molecular complexity index is 542. The first-order chi connectivity index (χ1) is 13.2. The summed E-state index contributed by atoms with van der Waals surface area (Å²) in [5.74, 6) is 1.51. The minimum absolute atomic E-state index is 0. The average molecular weight is 502 g/mol. The number of aryl methyl sites for hydroxylation is 1. The van der Waals surface area contributed by atoms with Crippen molar-refractivity contribution in [3.05, 3.63) is 35.4 Å². The Kier molecular flexibility index (Phi) is 13.5. The lowest BCUT2D eigenvalue weighted by molar-refractivity contribution is 0.0372. The summed E-state index contributed by atoms with van der Waals surface area (Å²) in [6, 6.07) is 9.03. The van der Waals surface area contributed by atoms with E-state index >= 15 is 0 Å². The van der Waals surface area contributed by atoms with Crippen LogP contribution in [0.2, 0.25) is 0 Å². The summed E-state index contributed by atoms with van der Waals surface area (Å²) in [6.07, 6.45) is 4.59. The summed E-state index contributed by atoms with van der Waals surface area (Å²) in [6.45, 7) is 11.5. The van der Waals surface area contributed by atoms with Crippen LogP contribution in [0.5, 0.6) is 0 Å². The number of aliphatic imine (C=N–C) groups is 1. The third kappa shape index (κ3) is 10.1. The van der Waals surface area contributed by atoms with Gasteiger partial charge in [-0.3, -0.25) is 9.89 Å². The Morgan fingerprint density at radius 3 is 2.29 bits per heavy atom. The molecule has 1 aliphatic heterocycles. The number of guanidine groups is 1. The maximum absolute atomic E-state index is 5.38. The minimum Gasteiger partial charge on any atom is -0.379 e. The predicted molar refractivity (Wildman–Crippen MR) is 130 cm³/mol. The fourth-order valence-corrected chi connectivity index (χ4v) is 3.28. The van der Waals surface area contributed by atoms with E-state index < -0.39 is 0 Å². The van der Waals surface area contributed by atoms with Crippen LogP contribution in [0.4, 0.5) is 0 Å². The van der Waals surface area contributed by atoms with E-state index in [-0.39, 0.29) is 24.0 Å². The third-order valence-corrected chi connectivity index (χ3v) is 5.10. The second-order valence-corrected chi connectivity index (χ2v) is 7.59. The number of hydrogen-bond acceptors (Lipinski definition) is 3. The van der Waals surface area contributed by atoms with E-state index in [0.717, 1.165) is 58.2 Å². The van der Waals surface area contributed by atoms with Crippen LogP contribution in [-0.4, -0.2) is 63.8 Å². The Labute approximate surface area is 188 Å². The molecule has 1 aromatic rings. The zero-order valence-electron chi connectivity index (χ0n) is 17.9. The Morgan fingerprint density at radius 2 is 1.68 bits per heavy atom. The van der Waals surface area contributed by atoms with Gasteiger partial charge < -0.3 is 15.4 Å². The van der Waals surface area contributed by atoms with Crippen LogP contribution in [0.1, 0.15) is 50.2 Å². The molecule has 0 radical (unpaired) electrons. The molecule has 0 atom stereocenters. The Hall–Kier alpha value is -0.860. The van der Waals surface area contributed by atoms with Gasteiger partial charge >= 0.3 is 0 Å². The van der Waals surface area contributed by atoms with Crippen molar-refractivity contribution in [2.24, 2.45) is 4.99 Å². The quantitative estimate of drug-likeness (QED) is 0.222. The van der Waals surface area contributed by atoms with Crippen LogP contribution < -0.4 is 10.6 Å². The predicted octanol–water partition coefficient (Wildman–Crippen LogP) is 3.64. The number of nitrogens with one attached hydrogen (secondary N) is 2. The second-order valence-electron chi connectivity index (χ2n) is 7.59. The van der Waals surface area contributed by atoms with Crippen LogP contribution in [0.15, 0.2) is 29.3 Å². The van der Waals surface area contributed by atoms with Crippen LogP contribution in [0, 0.1) is 0 Å². The van der Waals surface area contributed by atoms with Crippen molar-refractivity contribution in [1.82, 2.24) is 15.5 Å². The van der Waals surface area contributed by atoms with E-state index in [2.05, 4.69) is 58.6 Å². The number of benzene rings is 1. The highest BCUT2D eigenvalue weighted by Gasteiger charge is 2.09. The number of ether oxygens (including phenoxy) is 1. The summed E-state index contributed by atoms with van der Waals surface area (Å²) in [5.41, 5.74) is 2.82. The SMILES string of the molecule is CN=C(NCCCCN1CCOCC1)NCCCc1ccc(C(C)C)cc1.I. The number of hydrogen-bond donors (Lipinski definition) is 2. The van der Waals surface area contributed by atoms with Crippen LogP contribution in [0.25, 0.3) is 0 Å². The standard InChI is InChI=1S/C22H38N4O.HI/c1-19(2)21-10-8-20(9-11-21)7-6-13-25-22(23-3)24-12-4-5-14-26-15-17-27-18-16-26;/h8-11,19H,4-7,12-18H2,1-3H3,(H2,23,24,25);1H. The van der Waals surface area contributed by atoms with Crippen molar-refractivity contribution in [2.45, 2.75) is 45.4 Å². The molecule has 2 rings (SSSR count). The lowest BCUT2D eigenvalue weighted by Crippen LogP contribution is -2.39. The monoisotopic (exact) mass is 502 g/mol. The number of unbranched alkanes of at least 4 members (excludes halogenated alkanes) is 1. The Morgan fingerprint density at radius 1 is 1.04 bits per heavy atom. The molecule has 0 saturated carbocycles. The highest BCUT2D eigenvalue weighted by molar-refractivity contribution is 14.0. The van der Waals surface area contributed by atoms with Crippen molar-refractivity contribution >= 4 is 29.9 Å². The van der Waals surface area contributed by atoms with E-state index in [4.69, 9.17) is 4.74 Å². The first-order valence-electron chi connectivity index (χ1n) is 10.5. The molecule has 6 heteroatoms. The first kappa shape index (κ1) is 25.2. The molecular formula is C22H39IN4O. The molecule has 0 aromatic heterocycles. The average Bonchev–Trinajstić information content (AvgIpc) is 2.70. The van der Waals surface area contributed by atoms with E-state index in [1.54, 1.807) is 0 Å². The molecule has 1 aliphatic rings. The second kappa shape index (κ2) is 15.0. The summed E-state index contributed by atoms with van der Waals surface area (Å²) in [5, 5.41) is 6.84. The van der Waals surface area contributed by atoms with Gasteiger partial charge in [-0.1, -0.05) is 38.1 Å². The van der Waals surface area contributed by atoms with Crippen molar-refractivity contribution in [1.29, 1.82) is 0 Å². The van der Waals surface area contributed by atoms with E-state index in [0.29, 0.717) is 5.92 Å². The Balaban J connectivity index is 0.00000392. The van der Waals surface area contributed by atoms with Crippen molar-refractivity contribution < 1.29 is 4.74 Å². The van der Waals surface area contributed by atoms with E-state index in [9.17, 15) is 0 Å². The number of halogens is 1. The van der Waals surface area contributed by atoms with Gasteiger partial charge in [-0.15, -0.1) is 24.0 Å². The lowest BCUT2D eigenvalue weighted by atomic mass is 10.0. The van der Waals surface area contributed by atoms with Gasteiger partial charge in [0.1, 0.15) is 0 Å². The van der Waals surface area contributed by atoms with E-state index in [1.165, 1.54) is 30.5 Å². The summed E-state index contributed by atoms with van der Waals surface area (Å²) >= 11 is 0. The molecule has 1 fully saturated rings. The fraction of sp³-hybridized carbons (Fsp3) is 0.682. The molecule has 1 saturated heterocycles. The van der Waals surface area contributed by atoms with Crippen LogP contribution in [0.3, 0.4) is 0 Å². The summed E-state index contributed by atoms with van der Waals surface area (Å²) in [4.78, 5) is 6.81. The molecule has 1 aromatic carbocycles. The molecule has 0 aliphatic carbocycles. The highest BCUT2D eigenvalue weighted by atomic mass is 127. The molecule has 160 valence electrons. The first-order valence-corrected chi connectivity index (χ1v) is 10.5. The topological polar surface area (TPSA) is 48.9 Å². The zero-order valence-corrected chi connectivity index (χ0v) is 20.2. The molecule has 2 N–H and O–H groups in total. The number of morpholine rings is 1. The van der Waals surface area contributed by atoms with Crippen molar-refractivity contribution in [2.75, 3.05) is 53.0 Å². The maximum Gasteiger partial charge on any atom is 0.190 e. The molecule has 0 unspecified atom stereocenters. The summed E-state index contributed by atoms with van der Waals surface area (Å²) in [7, 11) is 1.84. The lowest BCUT2D eigenvalue weighted by Gasteiger charge is -2.26. The smallest absolute Gasteiger partial charge is 0.190 e. The van der Waals surface area contributed by atoms with Gasteiger partial charge in [-0.25, -0.2) is 0 Å². The zero-order chi connectivity index (χ0) is 19.3. The molecule has 0 amide bonds. The van der Waals surface area contributed by atoms with Crippen molar-refractivity contribution in [3.8, 4) is 0 Å². The molecule has 28 heavy (non-hydrogen) atoms. The van der Waals surface area contributed by atoms with Crippen LogP contribution >= 0.6 is 24.0 Å². The van der Waals surface area contributed by atoms with Gasteiger partial charge in [-0.05, 0) is 49.3 Å². The highest BCUT2D eigenvalue weighted by Crippen LogP contribution is 2.15. The van der Waals surface area contributed by atoms with Gasteiger partial charge in [0.15, 0.2) is 5.96 Å². The van der Waals surface area contributed by atoms with Crippen LogP contribution in [-0.2, 0) is 11.2 Å². The number of nitrogens with zero attached hydrogens (tertiary/aromatic N) is 2.